The third-order valence-electron chi connectivity index (χ3n) is 5.03. The molecule has 0 amide bonds. The van der Waals surface area contributed by atoms with Gasteiger partial charge in [0.1, 0.15) is 16.8 Å². The molecule has 176 valence electrons. The topological polar surface area (TPSA) is 125 Å². The van der Waals surface area contributed by atoms with Crippen LogP contribution >= 0.6 is 27.5 Å². The fraction of sp³-hybridized carbons (Fsp3) is 0. The van der Waals surface area contributed by atoms with Crippen LogP contribution < -0.4 is 5.43 Å². The number of nitro groups is 1. The lowest BCUT2D eigenvalue weighted by Gasteiger charge is -2.10. The molecule has 0 unspecified atom stereocenters. The minimum absolute atomic E-state index is 0.118. The van der Waals surface area contributed by atoms with Crippen molar-refractivity contribution in [3.8, 4) is 0 Å². The molecule has 0 aliphatic carbocycles. The predicted molar refractivity (Wildman–Crippen MR) is 134 cm³/mol. The molecule has 0 N–H and O–H groups in total. The van der Waals surface area contributed by atoms with Crippen LogP contribution in [0.3, 0.4) is 0 Å². The number of nitrogens with zero attached hydrogens (tertiary/aromatic N) is 1. The van der Waals surface area contributed by atoms with Gasteiger partial charge in [-0.3, -0.25) is 19.7 Å². The molecule has 4 rings (SSSR count). The van der Waals surface area contributed by atoms with E-state index in [1.54, 1.807) is 12.1 Å². The first kappa shape index (κ1) is 24.5. The minimum Gasteiger partial charge on any atom is -0.463 e. The van der Waals surface area contributed by atoms with Crippen molar-refractivity contribution in [1.29, 1.82) is 0 Å². The number of allylic oxidation sites excluding steroid dienone is 1. The Labute approximate surface area is 211 Å². The van der Waals surface area contributed by atoms with Gasteiger partial charge >= 0.3 is 0 Å². The highest BCUT2D eigenvalue weighted by atomic mass is 79.9. The maximum Gasteiger partial charge on any atom is 0.269 e. The number of rotatable bonds is 6. The Morgan fingerprint density at radius 1 is 1.03 bits per heavy atom. The molecule has 0 bridgehead atoms. The zero-order valence-corrected chi connectivity index (χ0v) is 20.6. The zero-order chi connectivity index (χ0) is 25.3. The number of fused-ring (bicyclic) bond motifs is 1. The number of non-ortho nitro benzene ring substituents is 1. The monoisotopic (exact) mass is 573 g/mol. The molecule has 0 spiro atoms. The van der Waals surface area contributed by atoms with Crippen LogP contribution in [0.4, 0.5) is 5.69 Å². The fourth-order valence-electron chi connectivity index (χ4n) is 3.24. The summed E-state index contributed by atoms with van der Waals surface area (Å²) in [5, 5.41) is 11.4. The van der Waals surface area contributed by atoms with E-state index in [9.17, 15) is 28.1 Å². The third-order valence-corrected chi connectivity index (χ3v) is 7.55. The molecule has 0 aliphatic rings. The first-order valence-corrected chi connectivity index (χ1v) is 12.5. The summed E-state index contributed by atoms with van der Waals surface area (Å²) in [5.41, 5.74) is -0.828. The summed E-state index contributed by atoms with van der Waals surface area (Å²) in [6.45, 7) is 0. The smallest absolute Gasteiger partial charge is 0.269 e. The SMILES string of the molecule is O=C(/C(=C\c1coc2ccc(Br)cc2c1=O)S(=O)(=O)c1ccc(Cl)cc1)c1ccc([N+](=O)[O-])cc1. The third kappa shape index (κ3) is 4.95. The van der Waals surface area contributed by atoms with E-state index in [4.69, 9.17) is 16.0 Å². The molecule has 4 aromatic rings. The molecule has 0 atom stereocenters. The van der Waals surface area contributed by atoms with Gasteiger partial charge in [-0.05, 0) is 60.7 Å². The van der Waals surface area contributed by atoms with Gasteiger partial charge in [-0.25, -0.2) is 8.42 Å². The summed E-state index contributed by atoms with van der Waals surface area (Å²) >= 11 is 9.15. The molecule has 1 heterocycles. The van der Waals surface area contributed by atoms with E-state index in [2.05, 4.69) is 15.9 Å². The Morgan fingerprint density at radius 3 is 2.31 bits per heavy atom. The van der Waals surface area contributed by atoms with Crippen molar-refractivity contribution < 1.29 is 22.6 Å². The van der Waals surface area contributed by atoms with Crippen molar-refractivity contribution in [3.05, 3.63) is 119 Å². The second-order valence-corrected chi connectivity index (χ2v) is 10.5. The van der Waals surface area contributed by atoms with Crippen LogP contribution in [-0.4, -0.2) is 19.1 Å². The zero-order valence-electron chi connectivity index (χ0n) is 17.5. The molecule has 11 heteroatoms. The quantitative estimate of drug-likeness (QED) is 0.123. The number of ketones is 1. The van der Waals surface area contributed by atoms with Crippen LogP contribution in [0.5, 0.6) is 0 Å². The van der Waals surface area contributed by atoms with Gasteiger partial charge in [-0.2, -0.15) is 0 Å². The molecule has 8 nitrogen and oxygen atoms in total. The van der Waals surface area contributed by atoms with Crippen molar-refractivity contribution in [2.24, 2.45) is 0 Å². The maximum atomic E-state index is 13.5. The second-order valence-electron chi connectivity index (χ2n) is 7.26. The average Bonchev–Trinajstić information content (AvgIpc) is 2.84. The number of hydrogen-bond acceptors (Lipinski definition) is 7. The largest absolute Gasteiger partial charge is 0.463 e. The minimum atomic E-state index is -4.44. The van der Waals surface area contributed by atoms with E-state index < -0.39 is 30.9 Å². The maximum absolute atomic E-state index is 13.5. The number of carbonyl (C=O) groups excluding carboxylic acids is 1. The lowest BCUT2D eigenvalue weighted by molar-refractivity contribution is -0.384. The van der Waals surface area contributed by atoms with Crippen LogP contribution in [-0.2, 0) is 9.84 Å². The van der Waals surface area contributed by atoms with Gasteiger partial charge in [0.05, 0.1) is 20.8 Å². The fourth-order valence-corrected chi connectivity index (χ4v) is 5.12. The number of sulfone groups is 1. The van der Waals surface area contributed by atoms with E-state index in [0.717, 1.165) is 36.6 Å². The van der Waals surface area contributed by atoms with E-state index in [0.29, 0.717) is 4.47 Å². The van der Waals surface area contributed by atoms with E-state index in [1.165, 1.54) is 30.3 Å². The molecule has 35 heavy (non-hydrogen) atoms. The Hall–Kier alpha value is -3.60. The number of hydrogen-bond donors (Lipinski definition) is 0. The molecule has 3 aromatic carbocycles. The van der Waals surface area contributed by atoms with Crippen LogP contribution in [0.2, 0.25) is 5.02 Å². The Balaban J connectivity index is 1.93. The average molecular weight is 575 g/mol. The van der Waals surface area contributed by atoms with Crippen LogP contribution in [0.1, 0.15) is 15.9 Å². The van der Waals surface area contributed by atoms with Crippen LogP contribution in [0.15, 0.2) is 96.5 Å². The van der Waals surface area contributed by atoms with Gasteiger partial charge in [0.25, 0.3) is 5.69 Å². The number of benzene rings is 3. The molecular weight excluding hydrogens is 562 g/mol. The van der Waals surface area contributed by atoms with Crippen molar-refractivity contribution >= 4 is 65.9 Å². The molecule has 0 fully saturated rings. The van der Waals surface area contributed by atoms with Gasteiger partial charge in [-0.15, -0.1) is 0 Å². The van der Waals surface area contributed by atoms with E-state index in [1.807, 2.05) is 0 Å². The molecular formula is C24H13BrClNO7S. The first-order chi connectivity index (χ1) is 16.6. The number of halogens is 2. The van der Waals surface area contributed by atoms with Gasteiger partial charge in [0.2, 0.25) is 15.6 Å². The van der Waals surface area contributed by atoms with Gasteiger partial charge in [0, 0.05) is 27.2 Å². The molecule has 1 aromatic heterocycles. The Bertz CT molecular complexity index is 1680. The summed E-state index contributed by atoms with van der Waals surface area (Å²) in [7, 11) is -4.44. The highest BCUT2D eigenvalue weighted by Gasteiger charge is 2.29. The second kappa shape index (κ2) is 9.57. The molecule has 0 saturated carbocycles. The normalized spacial score (nSPS) is 12.0. The van der Waals surface area contributed by atoms with Gasteiger partial charge < -0.3 is 4.42 Å². The van der Waals surface area contributed by atoms with Crippen molar-refractivity contribution in [1.82, 2.24) is 0 Å². The Morgan fingerprint density at radius 2 is 1.69 bits per heavy atom. The first-order valence-electron chi connectivity index (χ1n) is 9.80. The summed E-state index contributed by atoms with van der Waals surface area (Å²) < 4.78 is 33.1. The highest BCUT2D eigenvalue weighted by Crippen LogP contribution is 2.27. The summed E-state index contributed by atoms with van der Waals surface area (Å²) in [5.74, 6) is -0.955. The van der Waals surface area contributed by atoms with Gasteiger partial charge in [0.15, 0.2) is 5.43 Å². The van der Waals surface area contributed by atoms with Crippen molar-refractivity contribution in [2.45, 2.75) is 4.90 Å². The standard InChI is InChI=1S/C24H13BrClNO7S/c25-16-3-10-21-20(12-16)23(28)15(13-34-21)11-22(35(32,33)19-8-4-17(26)5-9-19)24(29)14-1-6-18(7-2-14)27(30)31/h1-13H/b22-11+. The molecule has 0 aliphatic heterocycles. The summed E-state index contributed by atoms with van der Waals surface area (Å²) in [4.78, 5) is 35.8. The van der Waals surface area contributed by atoms with Gasteiger partial charge in [-0.1, -0.05) is 27.5 Å². The van der Waals surface area contributed by atoms with Crippen LogP contribution in [0.25, 0.3) is 17.0 Å². The van der Waals surface area contributed by atoms with Crippen molar-refractivity contribution in [3.63, 3.8) is 0 Å². The lowest BCUT2D eigenvalue weighted by Crippen LogP contribution is -2.16. The van der Waals surface area contributed by atoms with E-state index in [-0.39, 0.29) is 37.7 Å². The lowest BCUT2D eigenvalue weighted by atomic mass is 10.1. The predicted octanol–water partition coefficient (Wildman–Crippen LogP) is 5.81. The summed E-state index contributed by atoms with van der Waals surface area (Å²) in [6, 6.07) is 14.4. The Kier molecular flexibility index (Phi) is 6.70. The number of carbonyl (C=O) groups is 1. The molecule has 0 saturated heterocycles. The molecule has 0 radical (unpaired) electrons. The van der Waals surface area contributed by atoms with E-state index >= 15 is 0 Å². The van der Waals surface area contributed by atoms with Crippen molar-refractivity contribution in [2.75, 3.05) is 0 Å². The number of nitro benzene ring substituents is 1. The number of Topliss-reactive ketones (excluding diaryl/α,β-unsaturated/α-hetero) is 1. The highest BCUT2D eigenvalue weighted by molar-refractivity contribution is 9.10. The van der Waals surface area contributed by atoms with Crippen LogP contribution in [0, 0.1) is 10.1 Å². The summed E-state index contributed by atoms with van der Waals surface area (Å²) in [6.07, 6.45) is 2.01.